The minimum atomic E-state index is -0.768. The molecule has 0 radical (unpaired) electrons. The summed E-state index contributed by atoms with van der Waals surface area (Å²) in [5.41, 5.74) is 0. The molecule has 0 saturated heterocycles. The van der Waals surface area contributed by atoms with Gasteiger partial charge in [-0.1, -0.05) is 353 Å². The molecule has 0 aliphatic rings. The number of carbonyl (C=O) groups excluding carboxylic acids is 3. The zero-order valence-electron chi connectivity index (χ0n) is 53.0. The molecule has 0 fully saturated rings. The number of unbranched alkanes of at least 4 members (excludes halogenated alkanes) is 51. The van der Waals surface area contributed by atoms with E-state index in [9.17, 15) is 14.4 Å². The minimum absolute atomic E-state index is 0.0639. The molecule has 0 aromatic heterocycles. The summed E-state index contributed by atoms with van der Waals surface area (Å²) >= 11 is 0. The average Bonchev–Trinajstić information content (AvgIpc) is 3.44. The van der Waals surface area contributed by atoms with Crippen molar-refractivity contribution in [3.8, 4) is 0 Å². The summed E-state index contributed by atoms with van der Waals surface area (Å²) < 4.78 is 17.0. The Kier molecular flexibility index (Phi) is 65.6. The molecule has 6 heteroatoms. The monoisotopic (exact) mass is 1100 g/mol. The van der Waals surface area contributed by atoms with Crippen LogP contribution in [0.5, 0.6) is 0 Å². The Morgan fingerprint density at radius 2 is 0.462 bits per heavy atom. The van der Waals surface area contributed by atoms with Crippen molar-refractivity contribution in [2.24, 2.45) is 0 Å². The summed E-state index contributed by atoms with van der Waals surface area (Å²) in [6.07, 6.45) is 82.0. The lowest BCUT2D eigenvalue weighted by atomic mass is 10.0. The fourth-order valence-corrected chi connectivity index (χ4v) is 10.9. The van der Waals surface area contributed by atoms with Crippen LogP contribution in [-0.2, 0) is 28.6 Å². The third-order valence-electron chi connectivity index (χ3n) is 16.2. The number of hydrogen-bond donors (Lipinski definition) is 0. The van der Waals surface area contributed by atoms with Gasteiger partial charge in [0, 0.05) is 19.3 Å². The normalized spacial score (nSPS) is 12.1. The number of hydrogen-bond acceptors (Lipinski definition) is 6. The maximum atomic E-state index is 13.0. The average molecular weight is 1100 g/mol. The van der Waals surface area contributed by atoms with Gasteiger partial charge in [0.1, 0.15) is 13.2 Å². The van der Waals surface area contributed by atoms with Crippen LogP contribution < -0.4 is 0 Å². The first-order valence-corrected chi connectivity index (χ1v) is 35.3. The summed E-state index contributed by atoms with van der Waals surface area (Å²) in [7, 11) is 0. The fourth-order valence-electron chi connectivity index (χ4n) is 10.9. The molecular weight excluding hydrogens is 961 g/mol. The Morgan fingerprint density at radius 3 is 0.705 bits per heavy atom. The highest BCUT2D eigenvalue weighted by Gasteiger charge is 2.19. The molecule has 0 N–H and O–H groups in total. The standard InChI is InChI=1S/C72H136O6/c1-4-7-10-13-16-19-22-25-28-31-33-34-35-36-37-38-40-41-44-47-50-53-56-59-62-65-71(74)77-68-69(67-76-70(73)64-61-58-55-52-49-46-43-30-27-24-21-18-15-12-9-6-3)78-72(75)66-63-60-57-54-51-48-45-42-39-32-29-26-23-20-17-14-11-8-5-2/h22,25,31,33,69H,4-21,23-24,26-30,32,34-68H2,1-3H3/b25-22-,33-31-. The van der Waals surface area contributed by atoms with Crippen molar-refractivity contribution < 1.29 is 28.6 Å². The SMILES string of the molecule is CCCCCCC/C=C\C/C=C\CCCCCCCCCCCCCCCC(=O)OCC(COC(=O)CCCCCCCCCCCCCCCCCC)OC(=O)CCCCCCCCCCCCCCCCCCCCC. The molecule has 6 nitrogen and oxygen atoms in total. The molecule has 0 aliphatic heterocycles. The summed E-state index contributed by atoms with van der Waals surface area (Å²) in [5, 5.41) is 0. The third kappa shape index (κ3) is 64.7. The van der Waals surface area contributed by atoms with Gasteiger partial charge in [-0.2, -0.15) is 0 Å². The molecule has 0 rings (SSSR count). The van der Waals surface area contributed by atoms with Gasteiger partial charge in [0.05, 0.1) is 0 Å². The molecule has 460 valence electrons. The van der Waals surface area contributed by atoms with Gasteiger partial charge in [-0.05, 0) is 51.4 Å². The van der Waals surface area contributed by atoms with Gasteiger partial charge in [0.2, 0.25) is 0 Å². The molecular formula is C72H136O6. The Hall–Kier alpha value is -2.11. The number of esters is 3. The summed E-state index contributed by atoms with van der Waals surface area (Å²) in [4.78, 5) is 38.4. The summed E-state index contributed by atoms with van der Waals surface area (Å²) in [6.45, 7) is 6.72. The van der Waals surface area contributed by atoms with Crippen molar-refractivity contribution in [2.45, 2.75) is 406 Å². The van der Waals surface area contributed by atoms with E-state index in [-0.39, 0.29) is 31.1 Å². The predicted octanol–water partition coefficient (Wildman–Crippen LogP) is 24.2. The van der Waals surface area contributed by atoms with E-state index < -0.39 is 6.10 Å². The van der Waals surface area contributed by atoms with E-state index in [2.05, 4.69) is 45.1 Å². The number of rotatable bonds is 66. The van der Waals surface area contributed by atoms with Crippen LogP contribution in [-0.4, -0.2) is 37.2 Å². The summed E-state index contributed by atoms with van der Waals surface area (Å²) in [5.74, 6) is -0.830. The molecule has 1 unspecified atom stereocenters. The first kappa shape index (κ1) is 75.9. The lowest BCUT2D eigenvalue weighted by Crippen LogP contribution is -2.30. The van der Waals surface area contributed by atoms with E-state index in [1.807, 2.05) is 0 Å². The quantitative estimate of drug-likeness (QED) is 0.0261. The molecule has 0 aromatic carbocycles. The van der Waals surface area contributed by atoms with Crippen LogP contribution in [0.4, 0.5) is 0 Å². The van der Waals surface area contributed by atoms with Crippen molar-refractivity contribution in [3.05, 3.63) is 24.3 Å². The van der Waals surface area contributed by atoms with E-state index in [1.54, 1.807) is 0 Å². The number of ether oxygens (including phenoxy) is 3. The highest BCUT2D eigenvalue weighted by Crippen LogP contribution is 2.19. The van der Waals surface area contributed by atoms with Gasteiger partial charge >= 0.3 is 17.9 Å². The van der Waals surface area contributed by atoms with Crippen LogP contribution in [0.3, 0.4) is 0 Å². The fraction of sp³-hybridized carbons (Fsp3) is 0.903. The second kappa shape index (κ2) is 67.4. The van der Waals surface area contributed by atoms with E-state index in [0.717, 1.165) is 64.2 Å². The molecule has 0 bridgehead atoms. The number of allylic oxidation sites excluding steroid dienone is 4. The van der Waals surface area contributed by atoms with Gasteiger partial charge in [0.25, 0.3) is 0 Å². The van der Waals surface area contributed by atoms with Crippen LogP contribution in [0.15, 0.2) is 24.3 Å². The van der Waals surface area contributed by atoms with Crippen LogP contribution in [0.2, 0.25) is 0 Å². The highest BCUT2D eigenvalue weighted by molar-refractivity contribution is 5.71. The maximum Gasteiger partial charge on any atom is 0.306 e. The molecule has 78 heavy (non-hydrogen) atoms. The molecule has 1 atom stereocenters. The summed E-state index contributed by atoms with van der Waals surface area (Å²) in [6, 6.07) is 0. The largest absolute Gasteiger partial charge is 0.462 e. The van der Waals surface area contributed by atoms with Gasteiger partial charge in [-0.15, -0.1) is 0 Å². The van der Waals surface area contributed by atoms with Crippen molar-refractivity contribution in [1.29, 1.82) is 0 Å². The lowest BCUT2D eigenvalue weighted by Gasteiger charge is -2.18. The smallest absolute Gasteiger partial charge is 0.306 e. The van der Waals surface area contributed by atoms with E-state index >= 15 is 0 Å². The Balaban J connectivity index is 4.26. The predicted molar refractivity (Wildman–Crippen MR) is 340 cm³/mol. The van der Waals surface area contributed by atoms with Crippen LogP contribution in [0.25, 0.3) is 0 Å². The van der Waals surface area contributed by atoms with Gasteiger partial charge < -0.3 is 14.2 Å². The minimum Gasteiger partial charge on any atom is -0.462 e. The van der Waals surface area contributed by atoms with Gasteiger partial charge in [-0.25, -0.2) is 0 Å². The zero-order valence-corrected chi connectivity index (χ0v) is 53.0. The van der Waals surface area contributed by atoms with Gasteiger partial charge in [0.15, 0.2) is 6.10 Å². The lowest BCUT2D eigenvalue weighted by molar-refractivity contribution is -0.167. The van der Waals surface area contributed by atoms with Crippen molar-refractivity contribution in [3.63, 3.8) is 0 Å². The van der Waals surface area contributed by atoms with Gasteiger partial charge in [-0.3, -0.25) is 14.4 Å². The molecule has 0 amide bonds. The molecule has 0 spiro atoms. The maximum absolute atomic E-state index is 13.0. The van der Waals surface area contributed by atoms with Crippen LogP contribution in [0, 0.1) is 0 Å². The number of carbonyl (C=O) groups is 3. The van der Waals surface area contributed by atoms with E-state index in [4.69, 9.17) is 14.2 Å². The zero-order chi connectivity index (χ0) is 56.4. The first-order valence-electron chi connectivity index (χ1n) is 35.3. The Morgan fingerprint density at radius 1 is 0.256 bits per heavy atom. The Labute approximate surface area is 487 Å². The topological polar surface area (TPSA) is 78.9 Å². The molecule has 0 heterocycles. The van der Waals surface area contributed by atoms with Crippen LogP contribution in [0.1, 0.15) is 400 Å². The van der Waals surface area contributed by atoms with E-state index in [1.165, 1.54) is 295 Å². The second-order valence-corrected chi connectivity index (χ2v) is 24.2. The molecule has 0 aromatic rings. The van der Waals surface area contributed by atoms with Crippen molar-refractivity contribution in [2.75, 3.05) is 13.2 Å². The third-order valence-corrected chi connectivity index (χ3v) is 16.2. The molecule has 0 aliphatic carbocycles. The van der Waals surface area contributed by atoms with E-state index in [0.29, 0.717) is 19.3 Å². The second-order valence-electron chi connectivity index (χ2n) is 24.2. The first-order chi connectivity index (χ1) is 38.5. The van der Waals surface area contributed by atoms with Crippen LogP contribution >= 0.6 is 0 Å². The van der Waals surface area contributed by atoms with Crippen molar-refractivity contribution >= 4 is 17.9 Å². The molecule has 0 saturated carbocycles. The van der Waals surface area contributed by atoms with Crippen molar-refractivity contribution in [1.82, 2.24) is 0 Å². The Bertz CT molecular complexity index is 1260. The highest BCUT2D eigenvalue weighted by atomic mass is 16.6.